The first-order valence-corrected chi connectivity index (χ1v) is 8.59. The van der Waals surface area contributed by atoms with Gasteiger partial charge in [-0.25, -0.2) is 4.79 Å². The van der Waals surface area contributed by atoms with Gasteiger partial charge in [0, 0.05) is 23.4 Å². The second-order valence-electron chi connectivity index (χ2n) is 5.68. The van der Waals surface area contributed by atoms with Crippen LogP contribution in [0.15, 0.2) is 24.3 Å². The van der Waals surface area contributed by atoms with Crippen molar-refractivity contribution in [1.29, 1.82) is 0 Å². The van der Waals surface area contributed by atoms with Gasteiger partial charge in [-0.1, -0.05) is 6.07 Å². The third kappa shape index (κ3) is 4.27. The molecule has 10 heteroatoms. The van der Waals surface area contributed by atoms with E-state index in [-0.39, 0.29) is 17.0 Å². The molecule has 0 radical (unpaired) electrons. The SMILES string of the molecule is CC(NC(=O)c1cccc([N+](=O)[O-])c1)C(=O)NC1(C(=O)O)CCSC1. The molecule has 134 valence electrons. The lowest BCUT2D eigenvalue weighted by Gasteiger charge is -2.26. The summed E-state index contributed by atoms with van der Waals surface area (Å²) < 4.78 is 0. The summed E-state index contributed by atoms with van der Waals surface area (Å²) in [7, 11) is 0. The predicted octanol–water partition coefficient (Wildman–Crippen LogP) is 0.790. The molecule has 3 N–H and O–H groups in total. The molecule has 1 aromatic rings. The molecule has 1 heterocycles. The van der Waals surface area contributed by atoms with E-state index < -0.39 is 34.3 Å². The monoisotopic (exact) mass is 367 g/mol. The number of nitrogens with zero attached hydrogens (tertiary/aromatic N) is 1. The van der Waals surface area contributed by atoms with E-state index >= 15 is 0 Å². The van der Waals surface area contributed by atoms with Gasteiger partial charge in [0.15, 0.2) is 0 Å². The summed E-state index contributed by atoms with van der Waals surface area (Å²) in [4.78, 5) is 46.0. The van der Waals surface area contributed by atoms with Gasteiger partial charge in [0.2, 0.25) is 5.91 Å². The van der Waals surface area contributed by atoms with Crippen molar-refractivity contribution in [3.63, 3.8) is 0 Å². The van der Waals surface area contributed by atoms with E-state index in [2.05, 4.69) is 10.6 Å². The molecule has 1 aliphatic heterocycles. The van der Waals surface area contributed by atoms with Crippen LogP contribution in [-0.2, 0) is 9.59 Å². The number of hydrogen-bond acceptors (Lipinski definition) is 6. The van der Waals surface area contributed by atoms with Crippen molar-refractivity contribution in [3.05, 3.63) is 39.9 Å². The second-order valence-corrected chi connectivity index (χ2v) is 6.79. The topological polar surface area (TPSA) is 139 Å². The Labute approximate surface area is 147 Å². The number of nitrogens with one attached hydrogen (secondary N) is 2. The molecule has 2 unspecified atom stereocenters. The van der Waals surface area contributed by atoms with E-state index in [9.17, 15) is 29.6 Å². The first kappa shape index (κ1) is 18.7. The van der Waals surface area contributed by atoms with E-state index in [4.69, 9.17) is 0 Å². The van der Waals surface area contributed by atoms with Crippen LogP contribution in [0.1, 0.15) is 23.7 Å². The lowest BCUT2D eigenvalue weighted by Crippen LogP contribution is -2.59. The van der Waals surface area contributed by atoms with Crippen LogP contribution in [0, 0.1) is 10.1 Å². The Morgan fingerprint density at radius 3 is 2.68 bits per heavy atom. The number of carbonyl (C=O) groups excluding carboxylic acids is 2. The minimum Gasteiger partial charge on any atom is -0.479 e. The van der Waals surface area contributed by atoms with Crippen molar-refractivity contribution < 1.29 is 24.4 Å². The summed E-state index contributed by atoms with van der Waals surface area (Å²) in [5.41, 5.74) is -1.53. The zero-order valence-corrected chi connectivity index (χ0v) is 14.2. The zero-order valence-electron chi connectivity index (χ0n) is 13.4. The maximum absolute atomic E-state index is 12.2. The third-order valence-electron chi connectivity index (χ3n) is 3.85. The standard InChI is InChI=1S/C15H17N3O6S/c1-9(12(19)17-15(14(21)22)5-6-25-8-15)16-13(20)10-3-2-4-11(7-10)18(23)24/h2-4,7,9H,5-6,8H2,1H3,(H,16,20)(H,17,19)(H,21,22). The first-order valence-electron chi connectivity index (χ1n) is 7.44. The van der Waals surface area contributed by atoms with Crippen molar-refractivity contribution in [3.8, 4) is 0 Å². The minimum atomic E-state index is -1.33. The number of carboxylic acid groups (broad SMARTS) is 1. The van der Waals surface area contributed by atoms with Crippen LogP contribution < -0.4 is 10.6 Å². The highest BCUT2D eigenvalue weighted by molar-refractivity contribution is 7.99. The highest BCUT2D eigenvalue weighted by Gasteiger charge is 2.44. The van der Waals surface area contributed by atoms with Crippen LogP contribution in [0.4, 0.5) is 5.69 Å². The number of thioether (sulfide) groups is 1. The van der Waals surface area contributed by atoms with Gasteiger partial charge in [0.1, 0.15) is 11.6 Å². The number of carbonyl (C=O) groups is 3. The van der Waals surface area contributed by atoms with E-state index in [1.807, 2.05) is 0 Å². The van der Waals surface area contributed by atoms with Crippen molar-refractivity contribution in [2.24, 2.45) is 0 Å². The highest BCUT2D eigenvalue weighted by atomic mass is 32.2. The Bertz CT molecular complexity index is 717. The maximum atomic E-state index is 12.2. The molecular formula is C15H17N3O6S. The summed E-state index contributed by atoms with van der Waals surface area (Å²) in [5, 5.41) is 25.0. The van der Waals surface area contributed by atoms with Gasteiger partial charge in [-0.05, 0) is 25.2 Å². The van der Waals surface area contributed by atoms with Crippen molar-refractivity contribution in [2.45, 2.75) is 24.9 Å². The van der Waals surface area contributed by atoms with Crippen molar-refractivity contribution in [2.75, 3.05) is 11.5 Å². The number of hydrogen-bond donors (Lipinski definition) is 3. The van der Waals surface area contributed by atoms with Gasteiger partial charge in [0.05, 0.1) is 4.92 Å². The van der Waals surface area contributed by atoms with Crippen molar-refractivity contribution in [1.82, 2.24) is 10.6 Å². The first-order chi connectivity index (χ1) is 11.7. The van der Waals surface area contributed by atoms with E-state index in [0.29, 0.717) is 12.2 Å². The smallest absolute Gasteiger partial charge is 0.330 e. The molecule has 1 aliphatic rings. The molecule has 1 saturated heterocycles. The molecule has 0 spiro atoms. The quantitative estimate of drug-likeness (QED) is 0.499. The Kier molecular flexibility index (Phi) is 5.62. The summed E-state index contributed by atoms with van der Waals surface area (Å²) in [5.74, 6) is -1.50. The number of aliphatic carboxylic acids is 1. The van der Waals surface area contributed by atoms with Crippen LogP contribution in [-0.4, -0.2) is 50.9 Å². The number of carboxylic acids is 1. The van der Waals surface area contributed by atoms with Crippen molar-refractivity contribution >= 4 is 35.2 Å². The molecule has 1 fully saturated rings. The number of amides is 2. The van der Waals surface area contributed by atoms with Crippen LogP contribution in [0.2, 0.25) is 0 Å². The molecule has 2 amide bonds. The fraction of sp³-hybridized carbons (Fsp3) is 0.400. The average Bonchev–Trinajstić information content (AvgIpc) is 3.04. The lowest BCUT2D eigenvalue weighted by molar-refractivity contribution is -0.384. The molecule has 2 rings (SSSR count). The number of non-ortho nitro benzene ring substituents is 1. The lowest BCUT2D eigenvalue weighted by atomic mass is 9.98. The Morgan fingerprint density at radius 1 is 1.40 bits per heavy atom. The second kappa shape index (κ2) is 7.51. The zero-order chi connectivity index (χ0) is 18.6. The largest absolute Gasteiger partial charge is 0.479 e. The van der Waals surface area contributed by atoms with Gasteiger partial charge in [-0.3, -0.25) is 19.7 Å². The van der Waals surface area contributed by atoms with Gasteiger partial charge >= 0.3 is 5.97 Å². The van der Waals surface area contributed by atoms with Crippen LogP contribution in [0.5, 0.6) is 0 Å². The van der Waals surface area contributed by atoms with E-state index in [1.54, 1.807) is 0 Å². The summed E-state index contributed by atoms with van der Waals surface area (Å²) in [6.45, 7) is 1.42. The Morgan fingerprint density at radius 2 is 2.12 bits per heavy atom. The van der Waals surface area contributed by atoms with Gasteiger partial charge in [-0.2, -0.15) is 11.8 Å². The maximum Gasteiger partial charge on any atom is 0.330 e. The number of benzene rings is 1. The predicted molar refractivity (Wildman–Crippen MR) is 90.5 cm³/mol. The number of nitro benzene ring substituents is 1. The summed E-state index contributed by atoms with van der Waals surface area (Å²) >= 11 is 1.43. The molecule has 9 nitrogen and oxygen atoms in total. The molecule has 2 atom stereocenters. The summed E-state index contributed by atoms with van der Waals surface area (Å²) in [6.07, 6.45) is 0.310. The number of rotatable bonds is 6. The third-order valence-corrected chi connectivity index (χ3v) is 5.04. The molecule has 1 aromatic carbocycles. The van der Waals surface area contributed by atoms with Crippen LogP contribution in [0.3, 0.4) is 0 Å². The normalized spacial score (nSPS) is 20.5. The average molecular weight is 367 g/mol. The molecular weight excluding hydrogens is 350 g/mol. The van der Waals surface area contributed by atoms with E-state index in [1.165, 1.54) is 36.9 Å². The van der Waals surface area contributed by atoms with Crippen LogP contribution in [0.25, 0.3) is 0 Å². The molecule has 0 aromatic heterocycles. The molecule has 25 heavy (non-hydrogen) atoms. The summed E-state index contributed by atoms with van der Waals surface area (Å²) in [6, 6.07) is 4.12. The Balaban J connectivity index is 2.03. The van der Waals surface area contributed by atoms with Gasteiger partial charge in [-0.15, -0.1) is 0 Å². The van der Waals surface area contributed by atoms with E-state index in [0.717, 1.165) is 6.07 Å². The molecule has 0 saturated carbocycles. The number of nitro groups is 1. The fourth-order valence-electron chi connectivity index (χ4n) is 2.34. The fourth-order valence-corrected chi connectivity index (χ4v) is 3.66. The van der Waals surface area contributed by atoms with Crippen LogP contribution >= 0.6 is 11.8 Å². The Hall–Kier alpha value is -2.62. The minimum absolute atomic E-state index is 0.0400. The molecule has 0 bridgehead atoms. The van der Waals surface area contributed by atoms with Gasteiger partial charge < -0.3 is 15.7 Å². The van der Waals surface area contributed by atoms with Gasteiger partial charge in [0.25, 0.3) is 11.6 Å². The highest BCUT2D eigenvalue weighted by Crippen LogP contribution is 2.28. The molecule has 0 aliphatic carbocycles.